The summed E-state index contributed by atoms with van der Waals surface area (Å²) in [4.78, 5) is 0. The topological polar surface area (TPSA) is 18.5 Å². The Balaban J connectivity index is 1.47. The van der Waals surface area contributed by atoms with Crippen molar-refractivity contribution in [2.75, 3.05) is 5.01 Å². The molecule has 0 saturated carbocycles. The fraction of sp³-hybridized carbons (Fsp3) is 0.333. The fourth-order valence-electron chi connectivity index (χ4n) is 4.09. The van der Waals surface area contributed by atoms with E-state index in [1.165, 1.54) is 66.2 Å². The molecular formula is C27H33N3. The number of hydrogen-bond acceptors (Lipinski definition) is 3. The molecule has 0 saturated heterocycles. The summed E-state index contributed by atoms with van der Waals surface area (Å²) < 4.78 is 0. The lowest BCUT2D eigenvalue weighted by atomic mass is 10.1. The number of hydrazine groups is 2. The Kier molecular flexibility index (Phi) is 7.04. The molecule has 0 atom stereocenters. The average molecular weight is 400 g/mol. The predicted octanol–water partition coefficient (Wildman–Crippen LogP) is 7.17. The number of rotatable bonds is 10. The molecule has 3 nitrogen and oxygen atoms in total. The van der Waals surface area contributed by atoms with Crippen LogP contribution in [0.5, 0.6) is 0 Å². The van der Waals surface area contributed by atoms with E-state index >= 15 is 0 Å². The standard InChI is InChI=1S/C27H33N3/c1-2-3-4-5-6-10-17-27-22-30(28-29(27)21-23-13-8-7-9-14-23)26-19-18-24-15-11-12-16-25(24)20-26/h7-9,11-16,18-20,22,28H,2-6,10,17,21H2,1H3. The zero-order chi connectivity index (χ0) is 20.6. The number of anilines is 1. The van der Waals surface area contributed by atoms with E-state index in [9.17, 15) is 0 Å². The lowest BCUT2D eigenvalue weighted by Gasteiger charge is -2.25. The summed E-state index contributed by atoms with van der Waals surface area (Å²) in [5.41, 5.74) is 7.46. The van der Waals surface area contributed by atoms with Gasteiger partial charge in [-0.25, -0.2) is 0 Å². The molecule has 0 aromatic heterocycles. The van der Waals surface area contributed by atoms with Gasteiger partial charge >= 0.3 is 0 Å². The van der Waals surface area contributed by atoms with E-state index in [1.54, 1.807) is 0 Å². The Hall–Kier alpha value is -2.78. The number of hydrogen-bond donors (Lipinski definition) is 1. The summed E-state index contributed by atoms with van der Waals surface area (Å²) in [6.07, 6.45) is 11.3. The Bertz CT molecular complexity index is 964. The first kappa shape index (κ1) is 20.5. The van der Waals surface area contributed by atoms with Gasteiger partial charge in [0.2, 0.25) is 0 Å². The van der Waals surface area contributed by atoms with Crippen molar-refractivity contribution in [1.29, 1.82) is 0 Å². The molecule has 0 fully saturated rings. The first-order valence-electron chi connectivity index (χ1n) is 11.4. The summed E-state index contributed by atoms with van der Waals surface area (Å²) >= 11 is 0. The average Bonchev–Trinajstić information content (AvgIpc) is 3.19. The van der Waals surface area contributed by atoms with Gasteiger partial charge < -0.3 is 0 Å². The minimum atomic E-state index is 0.868. The van der Waals surface area contributed by atoms with Crippen LogP contribution in [0.1, 0.15) is 57.4 Å². The molecule has 30 heavy (non-hydrogen) atoms. The van der Waals surface area contributed by atoms with Gasteiger partial charge in [-0.1, -0.05) is 99.7 Å². The minimum absolute atomic E-state index is 0.868. The summed E-state index contributed by atoms with van der Waals surface area (Å²) in [7, 11) is 0. The quantitative estimate of drug-likeness (QED) is 0.364. The SMILES string of the molecule is CCCCCCCCC1=CN(c2ccc3ccccc3c2)NN1Cc1ccccc1. The number of unbranched alkanes of at least 4 members (excludes halogenated alkanes) is 5. The minimum Gasteiger partial charge on any atom is -0.289 e. The summed E-state index contributed by atoms with van der Waals surface area (Å²) in [5.74, 6) is 0. The number of fused-ring (bicyclic) bond motifs is 1. The fourth-order valence-corrected chi connectivity index (χ4v) is 4.09. The van der Waals surface area contributed by atoms with Crippen LogP contribution < -0.4 is 10.5 Å². The maximum absolute atomic E-state index is 3.61. The molecule has 1 aliphatic heterocycles. The number of nitrogens with one attached hydrogen (secondary N) is 1. The van der Waals surface area contributed by atoms with Crippen molar-refractivity contribution in [3.05, 3.63) is 90.3 Å². The molecule has 4 rings (SSSR count). The predicted molar refractivity (Wildman–Crippen MR) is 128 cm³/mol. The Morgan fingerprint density at radius 1 is 0.733 bits per heavy atom. The third-order valence-corrected chi connectivity index (χ3v) is 5.83. The smallest absolute Gasteiger partial charge is 0.0609 e. The molecule has 3 aromatic rings. The molecule has 0 spiro atoms. The second-order valence-electron chi connectivity index (χ2n) is 8.21. The Morgan fingerprint density at radius 3 is 2.30 bits per heavy atom. The molecule has 0 unspecified atom stereocenters. The zero-order valence-corrected chi connectivity index (χ0v) is 18.1. The molecule has 0 aliphatic carbocycles. The van der Waals surface area contributed by atoms with Crippen LogP contribution in [0.25, 0.3) is 10.8 Å². The van der Waals surface area contributed by atoms with Crippen molar-refractivity contribution < 1.29 is 0 Å². The number of benzene rings is 3. The number of nitrogens with zero attached hydrogens (tertiary/aromatic N) is 2. The lowest BCUT2D eigenvalue weighted by molar-refractivity contribution is 0.254. The van der Waals surface area contributed by atoms with Crippen LogP contribution in [0, 0.1) is 0 Å². The molecule has 0 radical (unpaired) electrons. The van der Waals surface area contributed by atoms with Crippen molar-refractivity contribution in [2.24, 2.45) is 0 Å². The molecule has 1 N–H and O–H groups in total. The van der Waals surface area contributed by atoms with E-state index in [0.29, 0.717) is 0 Å². The van der Waals surface area contributed by atoms with E-state index in [1.807, 2.05) is 0 Å². The second-order valence-corrected chi connectivity index (χ2v) is 8.21. The first-order chi connectivity index (χ1) is 14.8. The molecule has 1 aliphatic rings. The van der Waals surface area contributed by atoms with Crippen molar-refractivity contribution in [1.82, 2.24) is 10.5 Å². The van der Waals surface area contributed by atoms with E-state index < -0.39 is 0 Å². The largest absolute Gasteiger partial charge is 0.289 e. The summed E-state index contributed by atoms with van der Waals surface area (Å²) in [5, 5.41) is 7.01. The van der Waals surface area contributed by atoms with Gasteiger partial charge in [0.05, 0.1) is 12.2 Å². The lowest BCUT2D eigenvalue weighted by Crippen LogP contribution is -2.40. The van der Waals surface area contributed by atoms with Gasteiger partial charge in [-0.15, -0.1) is 5.53 Å². The van der Waals surface area contributed by atoms with Crippen molar-refractivity contribution in [2.45, 2.75) is 58.4 Å². The van der Waals surface area contributed by atoms with Crippen LogP contribution in [0.2, 0.25) is 0 Å². The maximum atomic E-state index is 3.61. The van der Waals surface area contributed by atoms with Crippen LogP contribution in [-0.2, 0) is 6.54 Å². The van der Waals surface area contributed by atoms with E-state index in [4.69, 9.17) is 0 Å². The summed E-state index contributed by atoms with van der Waals surface area (Å²) in [6, 6.07) is 25.9. The van der Waals surface area contributed by atoms with E-state index in [2.05, 4.69) is 101 Å². The van der Waals surface area contributed by atoms with Gasteiger partial charge in [0.15, 0.2) is 0 Å². The van der Waals surface area contributed by atoms with Crippen molar-refractivity contribution in [3.8, 4) is 0 Å². The van der Waals surface area contributed by atoms with Gasteiger partial charge in [0, 0.05) is 11.9 Å². The van der Waals surface area contributed by atoms with Gasteiger partial charge in [-0.05, 0) is 41.3 Å². The van der Waals surface area contributed by atoms with Crippen LogP contribution in [0.3, 0.4) is 0 Å². The van der Waals surface area contributed by atoms with Gasteiger partial charge in [0.25, 0.3) is 0 Å². The van der Waals surface area contributed by atoms with Crippen LogP contribution in [-0.4, -0.2) is 5.01 Å². The van der Waals surface area contributed by atoms with Crippen LogP contribution in [0.4, 0.5) is 5.69 Å². The van der Waals surface area contributed by atoms with Crippen LogP contribution in [0.15, 0.2) is 84.7 Å². The molecule has 3 aromatic carbocycles. The molecule has 0 bridgehead atoms. The number of allylic oxidation sites excluding steroid dienone is 1. The Labute approximate surface area is 180 Å². The highest BCUT2D eigenvalue weighted by molar-refractivity contribution is 5.86. The molecule has 1 heterocycles. The van der Waals surface area contributed by atoms with E-state index in [0.717, 1.165) is 13.0 Å². The van der Waals surface area contributed by atoms with Crippen molar-refractivity contribution >= 4 is 16.5 Å². The molecule has 0 amide bonds. The summed E-state index contributed by atoms with van der Waals surface area (Å²) in [6.45, 7) is 3.14. The normalized spacial score (nSPS) is 13.8. The highest BCUT2D eigenvalue weighted by Crippen LogP contribution is 2.27. The highest BCUT2D eigenvalue weighted by Gasteiger charge is 2.21. The third-order valence-electron chi connectivity index (χ3n) is 5.83. The van der Waals surface area contributed by atoms with Gasteiger partial charge in [-0.3, -0.25) is 10.0 Å². The Morgan fingerprint density at radius 2 is 1.47 bits per heavy atom. The van der Waals surface area contributed by atoms with E-state index in [-0.39, 0.29) is 0 Å². The second kappa shape index (κ2) is 10.3. The monoisotopic (exact) mass is 399 g/mol. The highest BCUT2D eigenvalue weighted by atomic mass is 15.8. The third kappa shape index (κ3) is 5.22. The van der Waals surface area contributed by atoms with Crippen molar-refractivity contribution in [3.63, 3.8) is 0 Å². The van der Waals surface area contributed by atoms with Gasteiger partial charge in [-0.2, -0.15) is 0 Å². The maximum Gasteiger partial charge on any atom is 0.0609 e. The first-order valence-corrected chi connectivity index (χ1v) is 11.4. The molecule has 156 valence electrons. The van der Waals surface area contributed by atoms with Gasteiger partial charge in [0.1, 0.15) is 0 Å². The molecular weight excluding hydrogens is 366 g/mol. The molecule has 3 heteroatoms. The zero-order valence-electron chi connectivity index (χ0n) is 18.1. The van der Waals surface area contributed by atoms with Crippen LogP contribution >= 0.6 is 0 Å².